The standard InChI is InChI=1S/C17H20BrN3O3/c1-11-8-14(24-20-11)10-23-16-3-2-12(9-15(16)18)17(22)21-6-4-13(19)5-7-21/h2-3,8-9,13H,4-7,10,19H2,1H3. The monoisotopic (exact) mass is 393 g/mol. The predicted octanol–water partition coefficient (Wildman–Crippen LogP) is 2.89. The summed E-state index contributed by atoms with van der Waals surface area (Å²) in [4.78, 5) is 14.4. The number of nitrogens with two attached hydrogens (primary N) is 1. The highest BCUT2D eigenvalue weighted by molar-refractivity contribution is 9.10. The van der Waals surface area contributed by atoms with Crippen LogP contribution in [-0.4, -0.2) is 35.1 Å². The molecule has 0 aliphatic carbocycles. The number of rotatable bonds is 4. The van der Waals surface area contributed by atoms with Gasteiger partial charge in [0, 0.05) is 30.8 Å². The van der Waals surface area contributed by atoms with Gasteiger partial charge in [-0.05, 0) is 53.9 Å². The highest BCUT2D eigenvalue weighted by atomic mass is 79.9. The average molecular weight is 394 g/mol. The van der Waals surface area contributed by atoms with E-state index < -0.39 is 0 Å². The van der Waals surface area contributed by atoms with Crippen LogP contribution in [0.5, 0.6) is 5.75 Å². The third-order valence-corrected chi connectivity index (χ3v) is 4.67. The molecule has 2 aromatic rings. The van der Waals surface area contributed by atoms with Crippen LogP contribution in [0.4, 0.5) is 0 Å². The van der Waals surface area contributed by atoms with Gasteiger partial charge in [0.1, 0.15) is 12.4 Å². The minimum atomic E-state index is 0.0278. The van der Waals surface area contributed by atoms with Gasteiger partial charge in [-0.2, -0.15) is 0 Å². The normalized spacial score (nSPS) is 15.5. The second-order valence-corrected chi connectivity index (χ2v) is 6.85. The SMILES string of the molecule is Cc1cc(COc2ccc(C(=O)N3CCC(N)CC3)cc2Br)on1. The Bertz CT molecular complexity index is 724. The number of hydrogen-bond donors (Lipinski definition) is 1. The summed E-state index contributed by atoms with van der Waals surface area (Å²) < 4.78 is 11.6. The molecule has 2 N–H and O–H groups in total. The molecule has 6 nitrogen and oxygen atoms in total. The molecule has 0 spiro atoms. The number of ether oxygens (including phenoxy) is 1. The van der Waals surface area contributed by atoms with Gasteiger partial charge in [0.2, 0.25) is 0 Å². The summed E-state index contributed by atoms with van der Waals surface area (Å²) in [5.41, 5.74) is 7.34. The first-order valence-electron chi connectivity index (χ1n) is 7.92. The Kier molecular flexibility index (Phi) is 5.20. The van der Waals surface area contributed by atoms with E-state index in [1.807, 2.05) is 17.9 Å². The zero-order chi connectivity index (χ0) is 17.1. The van der Waals surface area contributed by atoms with Crippen LogP contribution in [0.1, 0.15) is 34.7 Å². The fraction of sp³-hybridized carbons (Fsp3) is 0.412. The second-order valence-electron chi connectivity index (χ2n) is 6.00. The minimum absolute atomic E-state index is 0.0278. The molecule has 3 rings (SSSR count). The van der Waals surface area contributed by atoms with Crippen LogP contribution in [0.15, 0.2) is 33.3 Å². The molecule has 0 saturated carbocycles. The van der Waals surface area contributed by atoms with Crippen LogP contribution < -0.4 is 10.5 Å². The van der Waals surface area contributed by atoms with Crippen molar-refractivity contribution < 1.29 is 14.1 Å². The molecule has 0 radical (unpaired) electrons. The van der Waals surface area contributed by atoms with Crippen LogP contribution in [0, 0.1) is 6.92 Å². The van der Waals surface area contributed by atoms with Crippen LogP contribution in [-0.2, 0) is 6.61 Å². The molecule has 0 unspecified atom stereocenters. The third-order valence-electron chi connectivity index (χ3n) is 4.05. The molecule has 24 heavy (non-hydrogen) atoms. The lowest BCUT2D eigenvalue weighted by Crippen LogP contribution is -2.42. The van der Waals surface area contributed by atoms with E-state index in [1.165, 1.54) is 0 Å². The Morgan fingerprint density at radius 3 is 2.79 bits per heavy atom. The molecule has 128 valence electrons. The van der Waals surface area contributed by atoms with Crippen molar-refractivity contribution in [1.82, 2.24) is 10.1 Å². The number of likely N-dealkylation sites (tertiary alicyclic amines) is 1. The molecule has 7 heteroatoms. The van der Waals surface area contributed by atoms with Gasteiger partial charge in [-0.3, -0.25) is 4.79 Å². The lowest BCUT2D eigenvalue weighted by Gasteiger charge is -2.30. The van der Waals surface area contributed by atoms with Gasteiger partial charge in [-0.15, -0.1) is 0 Å². The molecule has 1 aromatic heterocycles. The Morgan fingerprint density at radius 2 is 2.17 bits per heavy atom. The van der Waals surface area contributed by atoms with Gasteiger partial charge in [0.15, 0.2) is 5.76 Å². The molecule has 1 amide bonds. The van der Waals surface area contributed by atoms with Gasteiger partial charge in [0.25, 0.3) is 5.91 Å². The molecule has 2 heterocycles. The lowest BCUT2D eigenvalue weighted by molar-refractivity contribution is 0.0714. The van der Waals surface area contributed by atoms with Crippen LogP contribution >= 0.6 is 15.9 Å². The summed E-state index contributed by atoms with van der Waals surface area (Å²) in [6.07, 6.45) is 1.70. The number of aromatic nitrogens is 1. The second kappa shape index (κ2) is 7.36. The maximum absolute atomic E-state index is 12.6. The first-order chi connectivity index (χ1) is 11.5. The number of amides is 1. The smallest absolute Gasteiger partial charge is 0.253 e. The van der Waals surface area contributed by atoms with Crippen molar-refractivity contribution in [2.45, 2.75) is 32.4 Å². The van der Waals surface area contributed by atoms with E-state index >= 15 is 0 Å². The number of carbonyl (C=O) groups excluding carboxylic acids is 1. The molecule has 0 atom stereocenters. The van der Waals surface area contributed by atoms with Gasteiger partial charge in [0.05, 0.1) is 10.2 Å². The van der Waals surface area contributed by atoms with Crippen LogP contribution in [0.2, 0.25) is 0 Å². The van der Waals surface area contributed by atoms with Crippen molar-refractivity contribution in [3.05, 3.63) is 45.8 Å². The molecule has 1 aromatic carbocycles. The van der Waals surface area contributed by atoms with E-state index in [-0.39, 0.29) is 18.6 Å². The Morgan fingerprint density at radius 1 is 1.42 bits per heavy atom. The number of aryl methyl sites for hydroxylation is 1. The minimum Gasteiger partial charge on any atom is -0.484 e. The van der Waals surface area contributed by atoms with E-state index in [0.717, 1.165) is 23.0 Å². The van der Waals surface area contributed by atoms with E-state index in [1.54, 1.807) is 18.2 Å². The topological polar surface area (TPSA) is 81.6 Å². The van der Waals surface area contributed by atoms with Crippen molar-refractivity contribution in [3.8, 4) is 5.75 Å². The van der Waals surface area contributed by atoms with Crippen molar-refractivity contribution in [1.29, 1.82) is 0 Å². The largest absolute Gasteiger partial charge is 0.484 e. The average Bonchev–Trinajstić information content (AvgIpc) is 2.99. The summed E-state index contributed by atoms with van der Waals surface area (Å²) in [5.74, 6) is 1.34. The van der Waals surface area contributed by atoms with Crippen molar-refractivity contribution >= 4 is 21.8 Å². The van der Waals surface area contributed by atoms with E-state index in [0.29, 0.717) is 30.2 Å². The molecular weight excluding hydrogens is 374 g/mol. The fourth-order valence-corrected chi connectivity index (χ4v) is 3.16. The molecule has 1 aliphatic rings. The Hall–Kier alpha value is -1.86. The quantitative estimate of drug-likeness (QED) is 0.863. The number of piperidine rings is 1. The van der Waals surface area contributed by atoms with Gasteiger partial charge < -0.3 is 19.9 Å². The van der Waals surface area contributed by atoms with Crippen LogP contribution in [0.25, 0.3) is 0 Å². The highest BCUT2D eigenvalue weighted by Gasteiger charge is 2.22. The molecular formula is C17H20BrN3O3. The number of hydrogen-bond acceptors (Lipinski definition) is 5. The summed E-state index contributed by atoms with van der Waals surface area (Å²) in [7, 11) is 0. The Balaban J connectivity index is 1.64. The first-order valence-corrected chi connectivity index (χ1v) is 8.71. The van der Waals surface area contributed by atoms with Gasteiger partial charge in [-0.25, -0.2) is 0 Å². The maximum atomic E-state index is 12.6. The summed E-state index contributed by atoms with van der Waals surface area (Å²) >= 11 is 3.47. The van der Waals surface area contributed by atoms with E-state index in [2.05, 4.69) is 21.1 Å². The molecule has 0 bridgehead atoms. The summed E-state index contributed by atoms with van der Waals surface area (Å²) in [5, 5.41) is 3.82. The summed E-state index contributed by atoms with van der Waals surface area (Å²) in [6.45, 7) is 3.56. The number of benzene rings is 1. The van der Waals surface area contributed by atoms with E-state index in [4.69, 9.17) is 15.0 Å². The molecule has 1 aliphatic heterocycles. The zero-order valence-corrected chi connectivity index (χ0v) is 15.1. The summed E-state index contributed by atoms with van der Waals surface area (Å²) in [6, 6.07) is 7.39. The Labute approximate surface area is 149 Å². The zero-order valence-electron chi connectivity index (χ0n) is 13.5. The highest BCUT2D eigenvalue weighted by Crippen LogP contribution is 2.28. The number of carbonyl (C=O) groups is 1. The molecule has 1 fully saturated rings. The van der Waals surface area contributed by atoms with E-state index in [9.17, 15) is 4.79 Å². The van der Waals surface area contributed by atoms with Crippen LogP contribution in [0.3, 0.4) is 0 Å². The van der Waals surface area contributed by atoms with Crippen molar-refractivity contribution in [2.75, 3.05) is 13.1 Å². The van der Waals surface area contributed by atoms with Crippen molar-refractivity contribution in [2.24, 2.45) is 5.73 Å². The van der Waals surface area contributed by atoms with Gasteiger partial charge in [-0.1, -0.05) is 5.16 Å². The third kappa shape index (κ3) is 3.96. The number of halogens is 1. The first kappa shape index (κ1) is 17.0. The number of nitrogens with zero attached hydrogens (tertiary/aromatic N) is 2. The lowest BCUT2D eigenvalue weighted by atomic mass is 10.0. The van der Waals surface area contributed by atoms with Crippen molar-refractivity contribution in [3.63, 3.8) is 0 Å². The maximum Gasteiger partial charge on any atom is 0.253 e. The molecule has 1 saturated heterocycles. The van der Waals surface area contributed by atoms with Gasteiger partial charge >= 0.3 is 0 Å². The predicted molar refractivity (Wildman–Crippen MR) is 92.8 cm³/mol. The fourth-order valence-electron chi connectivity index (χ4n) is 2.67.